The largest absolute Gasteiger partial charge is 0.512 e. The van der Waals surface area contributed by atoms with Crippen molar-refractivity contribution < 1.29 is 30.0 Å². The molecule has 4 rings (SSSR count). The quantitative estimate of drug-likeness (QED) is 0.118. The van der Waals surface area contributed by atoms with Gasteiger partial charge in [0.05, 0.1) is 11.3 Å². The topological polar surface area (TPSA) is 50.2 Å². The van der Waals surface area contributed by atoms with Crippen LogP contribution < -0.4 is 0 Å². The van der Waals surface area contributed by atoms with Crippen molar-refractivity contribution in [3.05, 3.63) is 101 Å². The van der Waals surface area contributed by atoms with E-state index < -0.39 is 0 Å². The van der Waals surface area contributed by atoms with Gasteiger partial charge in [-0.15, -0.1) is 34.9 Å². The van der Waals surface area contributed by atoms with Gasteiger partial charge in [0.2, 0.25) is 0 Å². The molecule has 1 atom stereocenters. The van der Waals surface area contributed by atoms with Crippen LogP contribution in [0, 0.1) is 31.7 Å². The number of nitrogens with zero attached hydrogens (tertiary/aromatic N) is 1. The Morgan fingerprint density at radius 2 is 1.60 bits per heavy atom. The zero-order valence-corrected chi connectivity index (χ0v) is 27.4. The zero-order valence-electron chi connectivity index (χ0n) is 25.0. The molecule has 40 heavy (non-hydrogen) atoms. The van der Waals surface area contributed by atoms with Gasteiger partial charge < -0.3 is 5.11 Å². The van der Waals surface area contributed by atoms with Crippen LogP contribution in [0.15, 0.2) is 78.6 Å². The number of hydrogen-bond acceptors (Lipinski definition) is 3. The normalized spacial score (nSPS) is 12.1. The van der Waals surface area contributed by atoms with Crippen molar-refractivity contribution in [3.8, 4) is 22.4 Å². The number of benzene rings is 3. The number of pyridine rings is 1. The maximum absolute atomic E-state index is 11.0. The average Bonchev–Trinajstić information content (AvgIpc) is 2.91. The van der Waals surface area contributed by atoms with E-state index in [1.54, 1.807) is 0 Å². The Labute approximate surface area is 254 Å². The average molecular weight is 713 g/mol. The van der Waals surface area contributed by atoms with Crippen LogP contribution in [-0.4, -0.2) is 15.9 Å². The van der Waals surface area contributed by atoms with Gasteiger partial charge in [-0.1, -0.05) is 104 Å². The third kappa shape index (κ3) is 8.71. The van der Waals surface area contributed by atoms with Crippen LogP contribution in [0.2, 0.25) is 0 Å². The van der Waals surface area contributed by atoms with Crippen molar-refractivity contribution in [3.63, 3.8) is 0 Å². The minimum atomic E-state index is -0.0316. The SMILES string of the molecule is CC(C)C(=O)/C=C(\O)C(C)C.CCC(C)c1ccc2c(-c3ccccc3)cc(-c3[c-]c(C)cc(C)c3)nc2c1.[Ir]. The van der Waals surface area contributed by atoms with Crippen LogP contribution in [0.3, 0.4) is 0 Å². The molecule has 0 aliphatic heterocycles. The molecule has 4 aromatic rings. The number of aliphatic hydroxyl groups is 1. The third-order valence-electron chi connectivity index (χ3n) is 6.97. The summed E-state index contributed by atoms with van der Waals surface area (Å²) in [6.07, 6.45) is 2.44. The number of fused-ring (bicyclic) bond motifs is 1. The number of carbonyl (C=O) groups is 1. The van der Waals surface area contributed by atoms with E-state index in [9.17, 15) is 9.90 Å². The molecule has 0 amide bonds. The molecule has 213 valence electrons. The van der Waals surface area contributed by atoms with E-state index >= 15 is 0 Å². The third-order valence-corrected chi connectivity index (χ3v) is 6.97. The predicted octanol–water partition coefficient (Wildman–Crippen LogP) is 9.81. The maximum Gasteiger partial charge on any atom is 0.161 e. The van der Waals surface area contributed by atoms with Crippen LogP contribution in [0.4, 0.5) is 0 Å². The van der Waals surface area contributed by atoms with Crippen molar-refractivity contribution in [2.75, 3.05) is 0 Å². The number of aliphatic hydroxyl groups excluding tert-OH is 1. The summed E-state index contributed by atoms with van der Waals surface area (Å²) < 4.78 is 0. The second-order valence-electron chi connectivity index (χ2n) is 11.0. The van der Waals surface area contributed by atoms with E-state index in [4.69, 9.17) is 4.98 Å². The van der Waals surface area contributed by atoms with Crippen LogP contribution >= 0.6 is 0 Å². The molecule has 1 heterocycles. The van der Waals surface area contributed by atoms with Gasteiger partial charge in [-0.05, 0) is 40.8 Å². The standard InChI is InChI=1S/C27H26N.C9H16O2.Ir/c1-5-20(4)22-11-12-24-25(21-9-7-6-8-10-21)17-26(28-27(24)16-22)23-14-18(2)13-19(3)15-23;1-6(2)8(10)5-9(11)7(3)4;/h6-14,16-17,20H,5H2,1-4H3;5-7,10H,1-4H3;/q-1;;/b;8-5-;. The van der Waals surface area contributed by atoms with Gasteiger partial charge in [-0.25, -0.2) is 0 Å². The van der Waals surface area contributed by atoms with Gasteiger partial charge in [-0.2, -0.15) is 0 Å². The first-order valence-corrected chi connectivity index (χ1v) is 14.0. The van der Waals surface area contributed by atoms with Gasteiger partial charge in [-0.3, -0.25) is 9.78 Å². The number of aryl methyl sites for hydroxylation is 2. The molecule has 0 bridgehead atoms. The fourth-order valence-electron chi connectivity index (χ4n) is 4.29. The molecular formula is C36H42IrNO2-. The minimum Gasteiger partial charge on any atom is -0.512 e. The van der Waals surface area contributed by atoms with E-state index in [1.165, 1.54) is 33.7 Å². The molecule has 4 heteroatoms. The molecule has 0 fully saturated rings. The molecule has 3 nitrogen and oxygen atoms in total. The zero-order chi connectivity index (χ0) is 28.7. The van der Waals surface area contributed by atoms with Gasteiger partial charge in [0, 0.05) is 43.4 Å². The number of ketones is 1. The molecule has 3 aromatic carbocycles. The molecule has 0 aliphatic carbocycles. The monoisotopic (exact) mass is 713 g/mol. The summed E-state index contributed by atoms with van der Waals surface area (Å²) in [5, 5.41) is 10.4. The number of carbonyl (C=O) groups excluding carboxylic acids is 1. The molecule has 1 unspecified atom stereocenters. The number of allylic oxidation sites excluding steroid dienone is 2. The summed E-state index contributed by atoms with van der Waals surface area (Å²) in [4.78, 5) is 16.1. The summed E-state index contributed by atoms with van der Waals surface area (Å²) in [5.74, 6) is 0.691. The van der Waals surface area contributed by atoms with E-state index in [0.29, 0.717) is 5.92 Å². The summed E-state index contributed by atoms with van der Waals surface area (Å²) in [6, 6.07) is 27.4. The smallest absolute Gasteiger partial charge is 0.161 e. The van der Waals surface area contributed by atoms with Crippen molar-refractivity contribution in [1.29, 1.82) is 0 Å². The first kappa shape index (κ1) is 33.1. The Morgan fingerprint density at radius 3 is 2.17 bits per heavy atom. The molecule has 0 aliphatic rings. The van der Waals surface area contributed by atoms with Crippen LogP contribution in [0.5, 0.6) is 0 Å². The van der Waals surface area contributed by atoms with Crippen molar-refractivity contribution in [2.45, 2.75) is 67.7 Å². The van der Waals surface area contributed by atoms with Gasteiger partial charge in [0.15, 0.2) is 5.78 Å². The number of aromatic nitrogens is 1. The number of hydrogen-bond donors (Lipinski definition) is 1. The Morgan fingerprint density at radius 1 is 0.925 bits per heavy atom. The fourth-order valence-corrected chi connectivity index (χ4v) is 4.29. The molecule has 0 saturated carbocycles. The minimum absolute atomic E-state index is 0. The van der Waals surface area contributed by atoms with Crippen molar-refractivity contribution in [2.24, 2.45) is 11.8 Å². The van der Waals surface area contributed by atoms with Crippen LogP contribution in [0.25, 0.3) is 33.3 Å². The van der Waals surface area contributed by atoms with Crippen LogP contribution in [-0.2, 0) is 24.9 Å². The van der Waals surface area contributed by atoms with E-state index in [0.717, 1.165) is 28.8 Å². The molecule has 1 N–H and O–H groups in total. The molecule has 0 spiro atoms. The molecule has 1 aromatic heterocycles. The van der Waals surface area contributed by atoms with E-state index in [2.05, 4.69) is 100 Å². The summed E-state index contributed by atoms with van der Waals surface area (Å²) in [7, 11) is 0. The van der Waals surface area contributed by atoms with E-state index in [1.807, 2.05) is 27.7 Å². The van der Waals surface area contributed by atoms with Crippen molar-refractivity contribution >= 4 is 16.7 Å². The van der Waals surface area contributed by atoms with Gasteiger partial charge in [0.1, 0.15) is 0 Å². The Balaban J connectivity index is 0.000000400. The Hall–Kier alpha value is -3.07. The van der Waals surface area contributed by atoms with E-state index in [-0.39, 0.29) is 43.5 Å². The summed E-state index contributed by atoms with van der Waals surface area (Å²) >= 11 is 0. The Kier molecular flexibility index (Phi) is 12.5. The summed E-state index contributed by atoms with van der Waals surface area (Å²) in [6.45, 7) is 16.1. The predicted molar refractivity (Wildman–Crippen MR) is 165 cm³/mol. The van der Waals surface area contributed by atoms with Crippen molar-refractivity contribution in [1.82, 2.24) is 4.98 Å². The first-order chi connectivity index (χ1) is 18.5. The maximum atomic E-state index is 11.0. The molecular weight excluding hydrogens is 671 g/mol. The van der Waals surface area contributed by atoms with Gasteiger partial charge >= 0.3 is 0 Å². The first-order valence-electron chi connectivity index (χ1n) is 14.0. The fraction of sp³-hybridized carbons (Fsp3) is 0.333. The second kappa shape index (κ2) is 15.1. The molecule has 1 radical (unpaired) electrons. The number of rotatable bonds is 7. The van der Waals surface area contributed by atoms with Crippen LogP contribution in [0.1, 0.15) is 70.6 Å². The second-order valence-corrected chi connectivity index (χ2v) is 11.0. The molecule has 0 saturated heterocycles. The Bertz CT molecular complexity index is 1430. The summed E-state index contributed by atoms with van der Waals surface area (Å²) in [5.41, 5.74) is 9.28. The van der Waals surface area contributed by atoms with Gasteiger partial charge in [0.25, 0.3) is 0 Å².